The number of hydrogen-bond donors (Lipinski definition) is 2. The van der Waals surface area contributed by atoms with E-state index in [-0.39, 0.29) is 6.04 Å². The van der Waals surface area contributed by atoms with E-state index in [4.69, 9.17) is 10.6 Å². The summed E-state index contributed by atoms with van der Waals surface area (Å²) in [5.41, 5.74) is 3.77. The second-order valence-corrected chi connectivity index (χ2v) is 4.40. The van der Waals surface area contributed by atoms with E-state index < -0.39 is 0 Å². The first-order valence-corrected chi connectivity index (χ1v) is 5.94. The van der Waals surface area contributed by atoms with E-state index in [9.17, 15) is 0 Å². The zero-order valence-corrected chi connectivity index (χ0v) is 9.37. The van der Waals surface area contributed by atoms with E-state index in [0.717, 1.165) is 38.2 Å². The summed E-state index contributed by atoms with van der Waals surface area (Å²) in [6.07, 6.45) is 5.05. The van der Waals surface area contributed by atoms with Crippen LogP contribution in [0, 0.1) is 5.92 Å². The third-order valence-electron chi connectivity index (χ3n) is 2.85. The number of nitrogens with two attached hydrogens (primary N) is 1. The number of rotatable bonds is 4. The number of nitrogens with one attached hydrogen (secondary N) is 1. The molecule has 3 N–H and O–H groups in total. The molecule has 0 amide bonds. The van der Waals surface area contributed by atoms with Crippen molar-refractivity contribution in [3.8, 4) is 0 Å². The first-order chi connectivity index (χ1) is 7.40. The van der Waals surface area contributed by atoms with Gasteiger partial charge in [0.25, 0.3) is 0 Å². The smallest absolute Gasteiger partial charge is 0.0925 e. The standard InChI is InChI=1S/C9H16N4OS/c10-12-8(9-6-11-15-13-9)5-7-1-3-14-4-2-7/h6-8,12H,1-5,10H2. The van der Waals surface area contributed by atoms with Gasteiger partial charge in [-0.25, -0.2) is 0 Å². The van der Waals surface area contributed by atoms with Crippen LogP contribution in [0.1, 0.15) is 31.0 Å². The van der Waals surface area contributed by atoms with Gasteiger partial charge in [-0.15, -0.1) is 0 Å². The third-order valence-corrected chi connectivity index (χ3v) is 3.34. The van der Waals surface area contributed by atoms with Gasteiger partial charge in [0.1, 0.15) is 0 Å². The molecule has 1 aliphatic rings. The molecule has 5 nitrogen and oxygen atoms in total. The molecule has 1 saturated heterocycles. The first kappa shape index (κ1) is 10.9. The predicted molar refractivity (Wildman–Crippen MR) is 58.1 cm³/mol. The maximum atomic E-state index is 5.54. The summed E-state index contributed by atoms with van der Waals surface area (Å²) in [5, 5.41) is 0. The zero-order valence-electron chi connectivity index (χ0n) is 8.56. The largest absolute Gasteiger partial charge is 0.381 e. The number of ether oxygens (including phenoxy) is 1. The summed E-state index contributed by atoms with van der Waals surface area (Å²) in [4.78, 5) is 0. The molecule has 1 unspecified atom stereocenters. The van der Waals surface area contributed by atoms with Crippen LogP contribution in [-0.2, 0) is 4.74 Å². The maximum Gasteiger partial charge on any atom is 0.0925 e. The molecule has 15 heavy (non-hydrogen) atoms. The summed E-state index contributed by atoms with van der Waals surface area (Å²) >= 11 is 1.23. The molecule has 0 aromatic carbocycles. The van der Waals surface area contributed by atoms with Gasteiger partial charge >= 0.3 is 0 Å². The second-order valence-electron chi connectivity index (χ2n) is 3.84. The average molecular weight is 228 g/mol. The topological polar surface area (TPSA) is 73.1 Å². The number of hydrogen-bond acceptors (Lipinski definition) is 6. The predicted octanol–water partition coefficient (Wildman–Crippen LogP) is 0.859. The third kappa shape index (κ3) is 2.94. The Bertz CT molecular complexity index is 274. The molecule has 1 aromatic rings. The molecule has 6 heteroatoms. The summed E-state index contributed by atoms with van der Waals surface area (Å²) in [5.74, 6) is 6.22. The van der Waals surface area contributed by atoms with Crippen LogP contribution in [0.4, 0.5) is 0 Å². The van der Waals surface area contributed by atoms with Crippen LogP contribution < -0.4 is 11.3 Å². The van der Waals surface area contributed by atoms with Crippen LogP contribution >= 0.6 is 11.7 Å². The van der Waals surface area contributed by atoms with Crippen molar-refractivity contribution in [2.75, 3.05) is 13.2 Å². The monoisotopic (exact) mass is 228 g/mol. The molecule has 0 radical (unpaired) electrons. The lowest BCUT2D eigenvalue weighted by molar-refractivity contribution is 0.0604. The van der Waals surface area contributed by atoms with E-state index in [1.165, 1.54) is 11.7 Å². The normalized spacial score (nSPS) is 20.3. The van der Waals surface area contributed by atoms with Crippen molar-refractivity contribution in [1.82, 2.24) is 14.2 Å². The van der Waals surface area contributed by atoms with E-state index in [2.05, 4.69) is 14.2 Å². The average Bonchev–Trinajstić information content (AvgIpc) is 2.81. The lowest BCUT2D eigenvalue weighted by atomic mass is 9.92. The van der Waals surface area contributed by atoms with Crippen molar-refractivity contribution in [2.24, 2.45) is 11.8 Å². The molecule has 1 aromatic heterocycles. The van der Waals surface area contributed by atoms with Gasteiger partial charge in [0.05, 0.1) is 29.7 Å². The quantitative estimate of drug-likeness (QED) is 0.590. The van der Waals surface area contributed by atoms with Crippen LogP contribution in [0.5, 0.6) is 0 Å². The second kappa shape index (κ2) is 5.50. The molecule has 0 spiro atoms. The van der Waals surface area contributed by atoms with Crippen molar-refractivity contribution < 1.29 is 4.74 Å². The Labute approximate surface area is 93.3 Å². The van der Waals surface area contributed by atoms with E-state index in [1.54, 1.807) is 6.20 Å². The van der Waals surface area contributed by atoms with Gasteiger partial charge in [0.15, 0.2) is 0 Å². The van der Waals surface area contributed by atoms with Gasteiger partial charge in [-0.1, -0.05) is 0 Å². The minimum atomic E-state index is 0.131. The van der Waals surface area contributed by atoms with Gasteiger partial charge in [-0.3, -0.25) is 11.3 Å². The molecular formula is C9H16N4OS. The van der Waals surface area contributed by atoms with Crippen molar-refractivity contribution in [1.29, 1.82) is 0 Å². The molecule has 84 valence electrons. The molecule has 0 saturated carbocycles. The Balaban J connectivity index is 1.90. The van der Waals surface area contributed by atoms with Crippen LogP contribution in [0.2, 0.25) is 0 Å². The van der Waals surface area contributed by atoms with Crippen molar-refractivity contribution in [2.45, 2.75) is 25.3 Å². The highest BCUT2D eigenvalue weighted by molar-refractivity contribution is 6.99. The Morgan fingerprint density at radius 2 is 2.40 bits per heavy atom. The van der Waals surface area contributed by atoms with Gasteiger partial charge in [0.2, 0.25) is 0 Å². The SMILES string of the molecule is NNC(CC1CCOCC1)c1cnsn1. The van der Waals surface area contributed by atoms with Crippen LogP contribution in [0.25, 0.3) is 0 Å². The first-order valence-electron chi connectivity index (χ1n) is 5.21. The molecule has 0 aliphatic carbocycles. The van der Waals surface area contributed by atoms with Crippen molar-refractivity contribution >= 4 is 11.7 Å². The molecular weight excluding hydrogens is 212 g/mol. The molecule has 1 fully saturated rings. The van der Waals surface area contributed by atoms with Crippen molar-refractivity contribution in [3.05, 3.63) is 11.9 Å². The fourth-order valence-electron chi connectivity index (χ4n) is 1.92. The minimum Gasteiger partial charge on any atom is -0.381 e. The molecule has 1 atom stereocenters. The highest BCUT2D eigenvalue weighted by Gasteiger charge is 2.21. The lowest BCUT2D eigenvalue weighted by Gasteiger charge is -2.25. The fraction of sp³-hybridized carbons (Fsp3) is 0.778. The molecule has 2 rings (SSSR count). The maximum absolute atomic E-state index is 5.54. The molecule has 0 bridgehead atoms. The molecule has 2 heterocycles. The van der Waals surface area contributed by atoms with Gasteiger partial charge in [-0.05, 0) is 25.2 Å². The van der Waals surface area contributed by atoms with Crippen LogP contribution in [0.15, 0.2) is 6.20 Å². The highest BCUT2D eigenvalue weighted by Crippen LogP contribution is 2.26. The minimum absolute atomic E-state index is 0.131. The summed E-state index contributed by atoms with van der Waals surface area (Å²) < 4.78 is 13.5. The number of aromatic nitrogens is 2. The van der Waals surface area contributed by atoms with Gasteiger partial charge in [-0.2, -0.15) is 8.75 Å². The number of nitrogens with zero attached hydrogens (tertiary/aromatic N) is 2. The van der Waals surface area contributed by atoms with Gasteiger partial charge in [0, 0.05) is 13.2 Å². The number of hydrazine groups is 1. The van der Waals surface area contributed by atoms with Gasteiger partial charge < -0.3 is 4.74 Å². The lowest BCUT2D eigenvalue weighted by Crippen LogP contribution is -2.31. The fourth-order valence-corrected chi connectivity index (χ4v) is 2.39. The summed E-state index contributed by atoms with van der Waals surface area (Å²) in [6, 6.07) is 0.131. The van der Waals surface area contributed by atoms with E-state index >= 15 is 0 Å². The Morgan fingerprint density at radius 1 is 1.60 bits per heavy atom. The Kier molecular flexibility index (Phi) is 4.01. The highest BCUT2D eigenvalue weighted by atomic mass is 32.1. The van der Waals surface area contributed by atoms with E-state index in [0.29, 0.717) is 5.92 Å². The molecule has 1 aliphatic heterocycles. The summed E-state index contributed by atoms with van der Waals surface area (Å²) in [6.45, 7) is 1.74. The summed E-state index contributed by atoms with van der Waals surface area (Å²) in [7, 11) is 0. The Morgan fingerprint density at radius 3 is 3.00 bits per heavy atom. The van der Waals surface area contributed by atoms with Crippen LogP contribution in [0.3, 0.4) is 0 Å². The van der Waals surface area contributed by atoms with Crippen molar-refractivity contribution in [3.63, 3.8) is 0 Å². The van der Waals surface area contributed by atoms with Crippen LogP contribution in [-0.4, -0.2) is 22.0 Å². The van der Waals surface area contributed by atoms with E-state index in [1.807, 2.05) is 0 Å². The zero-order chi connectivity index (χ0) is 10.5. The Hall–Kier alpha value is -0.560.